The lowest BCUT2D eigenvalue weighted by Crippen LogP contribution is -2.32. The Morgan fingerprint density at radius 3 is 2.54 bits per heavy atom. The molecule has 8 heteroatoms. The first-order valence-corrected chi connectivity index (χ1v) is 9.15. The summed E-state index contributed by atoms with van der Waals surface area (Å²) in [6.45, 7) is 1.90. The molecule has 0 aliphatic carbocycles. The molecular formula is C20H21FN4O3. The Bertz CT molecular complexity index is 892. The van der Waals surface area contributed by atoms with Crippen LogP contribution in [0.25, 0.3) is 0 Å². The van der Waals surface area contributed by atoms with Crippen LogP contribution in [0.2, 0.25) is 0 Å². The van der Waals surface area contributed by atoms with Crippen LogP contribution in [0.4, 0.5) is 25.4 Å². The molecule has 0 radical (unpaired) electrons. The lowest BCUT2D eigenvalue weighted by atomic mass is 10.2. The van der Waals surface area contributed by atoms with E-state index in [9.17, 15) is 14.0 Å². The monoisotopic (exact) mass is 384 g/mol. The third-order valence-electron chi connectivity index (χ3n) is 4.98. The van der Waals surface area contributed by atoms with E-state index in [1.54, 1.807) is 11.0 Å². The van der Waals surface area contributed by atoms with Crippen molar-refractivity contribution >= 4 is 23.5 Å². The van der Waals surface area contributed by atoms with E-state index in [1.165, 1.54) is 21.9 Å². The number of halogens is 1. The third kappa shape index (κ3) is 3.38. The summed E-state index contributed by atoms with van der Waals surface area (Å²) >= 11 is 0. The van der Waals surface area contributed by atoms with Crippen LogP contribution < -0.4 is 15.5 Å². The van der Waals surface area contributed by atoms with E-state index in [2.05, 4.69) is 0 Å². The molecule has 28 heavy (non-hydrogen) atoms. The lowest BCUT2D eigenvalue weighted by Gasteiger charge is -2.20. The van der Waals surface area contributed by atoms with Gasteiger partial charge in [-0.1, -0.05) is 30.3 Å². The van der Waals surface area contributed by atoms with Crippen LogP contribution in [0, 0.1) is 5.82 Å². The maximum atomic E-state index is 14.8. The molecule has 1 atom stereocenters. The van der Waals surface area contributed by atoms with Crippen LogP contribution in [0.15, 0.2) is 48.5 Å². The Labute approximate surface area is 162 Å². The van der Waals surface area contributed by atoms with Gasteiger partial charge < -0.3 is 15.4 Å². The van der Waals surface area contributed by atoms with Crippen molar-refractivity contribution in [2.24, 2.45) is 5.73 Å². The van der Waals surface area contributed by atoms with Crippen molar-refractivity contribution in [3.8, 4) is 0 Å². The van der Waals surface area contributed by atoms with Gasteiger partial charge >= 0.3 is 12.1 Å². The summed E-state index contributed by atoms with van der Waals surface area (Å²) in [7, 11) is 0. The van der Waals surface area contributed by atoms with Gasteiger partial charge in [-0.15, -0.1) is 0 Å². The molecule has 3 amide bonds. The number of ether oxygens (including phenoxy) is 1. The molecule has 2 aromatic carbocycles. The standard InChI is InChI=1S/C20H21FN4O3/c21-17-10-15(25-13-16(11-22)28-20(25)27)6-7-18(17)24-9-8-23(19(24)26)12-14-4-2-1-3-5-14/h1-7,10,16H,8-9,11-13,22H2/t16-/m0/s1. The number of anilines is 2. The fourth-order valence-corrected chi connectivity index (χ4v) is 3.49. The summed E-state index contributed by atoms with van der Waals surface area (Å²) in [6, 6.07) is 13.8. The van der Waals surface area contributed by atoms with Crippen LogP contribution in [0.3, 0.4) is 0 Å². The Balaban J connectivity index is 1.49. The fraction of sp³-hybridized carbons (Fsp3) is 0.300. The molecule has 2 fully saturated rings. The van der Waals surface area contributed by atoms with Crippen LogP contribution in [-0.2, 0) is 11.3 Å². The average molecular weight is 384 g/mol. The van der Waals surface area contributed by atoms with Crippen molar-refractivity contribution in [1.29, 1.82) is 0 Å². The summed E-state index contributed by atoms with van der Waals surface area (Å²) < 4.78 is 19.9. The Hall–Kier alpha value is -3.13. The molecule has 0 bridgehead atoms. The summed E-state index contributed by atoms with van der Waals surface area (Å²) in [5, 5.41) is 0. The van der Waals surface area contributed by atoms with Gasteiger partial charge in [-0.25, -0.2) is 14.0 Å². The first-order valence-electron chi connectivity index (χ1n) is 9.15. The minimum atomic E-state index is -0.559. The SMILES string of the molecule is NC[C@H]1CN(c2ccc(N3CCN(Cc4ccccc4)C3=O)c(F)c2)C(=O)O1. The van der Waals surface area contributed by atoms with Crippen LogP contribution in [-0.4, -0.2) is 49.3 Å². The number of rotatable bonds is 5. The van der Waals surface area contributed by atoms with Crippen molar-refractivity contribution in [2.45, 2.75) is 12.6 Å². The van der Waals surface area contributed by atoms with Gasteiger partial charge in [-0.2, -0.15) is 0 Å². The maximum absolute atomic E-state index is 14.8. The Morgan fingerprint density at radius 1 is 1.07 bits per heavy atom. The van der Waals surface area contributed by atoms with Gasteiger partial charge in [-0.3, -0.25) is 9.80 Å². The van der Waals surface area contributed by atoms with E-state index in [0.717, 1.165) is 5.56 Å². The van der Waals surface area contributed by atoms with Crippen LogP contribution in [0.1, 0.15) is 5.56 Å². The van der Waals surface area contributed by atoms with Gasteiger partial charge in [0.25, 0.3) is 0 Å². The first kappa shape index (κ1) is 18.2. The highest BCUT2D eigenvalue weighted by Crippen LogP contribution is 2.30. The molecule has 2 aliphatic rings. The highest BCUT2D eigenvalue weighted by Gasteiger charge is 2.34. The van der Waals surface area contributed by atoms with Gasteiger partial charge in [0.2, 0.25) is 0 Å². The van der Waals surface area contributed by atoms with Crippen molar-refractivity contribution in [3.63, 3.8) is 0 Å². The number of urea groups is 1. The molecule has 2 aliphatic heterocycles. The molecule has 2 heterocycles. The number of benzene rings is 2. The van der Waals surface area contributed by atoms with Gasteiger partial charge in [-0.05, 0) is 23.8 Å². The number of carbonyl (C=O) groups is 2. The smallest absolute Gasteiger partial charge is 0.414 e. The highest BCUT2D eigenvalue weighted by molar-refractivity contribution is 5.95. The number of hydrogen-bond donors (Lipinski definition) is 1. The molecule has 146 valence electrons. The molecule has 0 unspecified atom stereocenters. The summed E-state index contributed by atoms with van der Waals surface area (Å²) in [5.74, 6) is -0.559. The summed E-state index contributed by atoms with van der Waals surface area (Å²) in [5.41, 5.74) is 7.14. The lowest BCUT2D eigenvalue weighted by molar-refractivity contribution is 0.145. The van der Waals surface area contributed by atoms with E-state index in [1.807, 2.05) is 30.3 Å². The molecule has 0 saturated carbocycles. The second kappa shape index (κ2) is 7.47. The first-order chi connectivity index (χ1) is 13.6. The predicted octanol–water partition coefficient (Wildman–Crippen LogP) is 2.55. The van der Waals surface area contributed by atoms with Crippen LogP contribution in [0.5, 0.6) is 0 Å². The quantitative estimate of drug-likeness (QED) is 0.859. The molecular weight excluding hydrogens is 363 g/mol. The molecule has 0 spiro atoms. The van der Waals surface area contributed by atoms with Crippen molar-refractivity contribution in [1.82, 2.24) is 4.90 Å². The molecule has 2 N–H and O–H groups in total. The minimum Gasteiger partial charge on any atom is -0.443 e. The van der Waals surface area contributed by atoms with E-state index in [4.69, 9.17) is 10.5 Å². The Kier molecular flexibility index (Phi) is 4.87. The molecule has 2 aromatic rings. The van der Waals surface area contributed by atoms with Gasteiger partial charge in [0, 0.05) is 26.2 Å². The van der Waals surface area contributed by atoms with Crippen molar-refractivity contribution < 1.29 is 18.7 Å². The van der Waals surface area contributed by atoms with Gasteiger partial charge in [0.15, 0.2) is 0 Å². The normalized spacial score (nSPS) is 19.5. The minimum absolute atomic E-state index is 0.201. The predicted molar refractivity (Wildman–Crippen MR) is 103 cm³/mol. The number of nitrogens with two attached hydrogens (primary N) is 1. The van der Waals surface area contributed by atoms with Crippen molar-refractivity contribution in [2.75, 3.05) is 36.0 Å². The number of carbonyl (C=O) groups excluding carboxylic acids is 2. The number of cyclic esters (lactones) is 1. The number of amides is 3. The summed E-state index contributed by atoms with van der Waals surface area (Å²) in [4.78, 5) is 29.1. The second-order valence-corrected chi connectivity index (χ2v) is 6.83. The zero-order chi connectivity index (χ0) is 19.7. The topological polar surface area (TPSA) is 79.1 Å². The van der Waals surface area contributed by atoms with E-state index < -0.39 is 18.0 Å². The molecule has 2 saturated heterocycles. The molecule has 0 aromatic heterocycles. The highest BCUT2D eigenvalue weighted by atomic mass is 19.1. The third-order valence-corrected chi connectivity index (χ3v) is 4.98. The van der Waals surface area contributed by atoms with Gasteiger partial charge in [0.1, 0.15) is 11.9 Å². The van der Waals surface area contributed by atoms with Gasteiger partial charge in [0.05, 0.1) is 17.9 Å². The van der Waals surface area contributed by atoms with Crippen LogP contribution >= 0.6 is 0 Å². The number of hydrogen-bond acceptors (Lipinski definition) is 4. The zero-order valence-electron chi connectivity index (χ0n) is 15.3. The van der Waals surface area contributed by atoms with Crippen molar-refractivity contribution in [3.05, 3.63) is 59.9 Å². The fourth-order valence-electron chi connectivity index (χ4n) is 3.49. The van der Waals surface area contributed by atoms with E-state index >= 15 is 0 Å². The van der Waals surface area contributed by atoms with E-state index in [-0.39, 0.29) is 24.8 Å². The Morgan fingerprint density at radius 2 is 1.86 bits per heavy atom. The number of nitrogens with zero attached hydrogens (tertiary/aromatic N) is 3. The summed E-state index contributed by atoms with van der Waals surface area (Å²) in [6.07, 6.45) is -0.948. The zero-order valence-corrected chi connectivity index (χ0v) is 15.3. The maximum Gasteiger partial charge on any atom is 0.414 e. The largest absolute Gasteiger partial charge is 0.443 e. The van der Waals surface area contributed by atoms with E-state index in [0.29, 0.717) is 25.3 Å². The second-order valence-electron chi connectivity index (χ2n) is 6.83. The average Bonchev–Trinajstić information content (AvgIpc) is 3.25. The molecule has 4 rings (SSSR count). The molecule has 7 nitrogen and oxygen atoms in total.